The molecule has 2 aromatic heterocycles. The lowest BCUT2D eigenvalue weighted by atomic mass is 9.98. The van der Waals surface area contributed by atoms with E-state index in [9.17, 15) is 0 Å². The fraction of sp³-hybridized carbons (Fsp3) is 0.647. The van der Waals surface area contributed by atoms with E-state index in [0.29, 0.717) is 12.0 Å². The highest BCUT2D eigenvalue weighted by molar-refractivity contribution is 5.08. The first kappa shape index (κ1) is 16.2. The summed E-state index contributed by atoms with van der Waals surface area (Å²) in [5.41, 5.74) is 1.21. The first-order chi connectivity index (χ1) is 11.3. The number of hydrogen-bond donors (Lipinski definition) is 1. The highest BCUT2D eigenvalue weighted by Gasteiger charge is 2.31. The van der Waals surface area contributed by atoms with Gasteiger partial charge in [-0.15, -0.1) is 0 Å². The molecule has 0 aliphatic carbocycles. The standard InChI is InChI=1S/C17H27N5O/c1-3-22-16(5-9-20-22)17-15(7-12-23-17)13-18-14(2)6-11-21-10-4-8-19-21/h4-5,8-10,14-15,17-18H,3,6-7,11-13H2,1-2H3/t14-,15-,17+/m0/s1. The van der Waals surface area contributed by atoms with Crippen LogP contribution in [-0.4, -0.2) is 38.8 Å². The molecule has 6 heteroatoms. The van der Waals surface area contributed by atoms with Crippen LogP contribution < -0.4 is 5.32 Å². The smallest absolute Gasteiger partial charge is 0.103 e. The highest BCUT2D eigenvalue weighted by Crippen LogP contribution is 2.34. The summed E-state index contributed by atoms with van der Waals surface area (Å²) in [4.78, 5) is 0. The van der Waals surface area contributed by atoms with Crippen molar-refractivity contribution >= 4 is 0 Å². The maximum absolute atomic E-state index is 5.99. The molecule has 0 bridgehead atoms. The second kappa shape index (κ2) is 7.75. The van der Waals surface area contributed by atoms with Gasteiger partial charge in [-0.1, -0.05) is 0 Å². The molecule has 3 rings (SSSR count). The van der Waals surface area contributed by atoms with Gasteiger partial charge in [-0.25, -0.2) is 0 Å². The molecule has 1 N–H and O–H groups in total. The van der Waals surface area contributed by atoms with Gasteiger partial charge in [0.1, 0.15) is 6.10 Å². The zero-order valence-electron chi connectivity index (χ0n) is 14.1. The number of rotatable bonds is 8. The van der Waals surface area contributed by atoms with Gasteiger partial charge < -0.3 is 10.1 Å². The van der Waals surface area contributed by atoms with Crippen LogP contribution in [0, 0.1) is 5.92 Å². The molecule has 6 nitrogen and oxygen atoms in total. The number of hydrogen-bond acceptors (Lipinski definition) is 4. The third-order valence-electron chi connectivity index (χ3n) is 4.63. The minimum Gasteiger partial charge on any atom is -0.372 e. The molecule has 0 unspecified atom stereocenters. The zero-order chi connectivity index (χ0) is 16.1. The summed E-state index contributed by atoms with van der Waals surface area (Å²) >= 11 is 0. The van der Waals surface area contributed by atoms with Crippen molar-refractivity contribution < 1.29 is 4.74 Å². The number of ether oxygens (including phenoxy) is 1. The fourth-order valence-electron chi connectivity index (χ4n) is 3.23. The van der Waals surface area contributed by atoms with Gasteiger partial charge in [-0.3, -0.25) is 9.36 Å². The van der Waals surface area contributed by atoms with E-state index in [-0.39, 0.29) is 6.10 Å². The summed E-state index contributed by atoms with van der Waals surface area (Å²) in [5.74, 6) is 0.518. The van der Waals surface area contributed by atoms with E-state index in [0.717, 1.165) is 39.1 Å². The fourth-order valence-corrected chi connectivity index (χ4v) is 3.23. The van der Waals surface area contributed by atoms with E-state index in [2.05, 4.69) is 35.4 Å². The van der Waals surface area contributed by atoms with Crippen molar-refractivity contribution in [2.75, 3.05) is 13.2 Å². The summed E-state index contributed by atoms with van der Waals surface area (Å²) in [6.07, 6.45) is 8.07. The Bertz CT molecular complexity index is 580. The van der Waals surface area contributed by atoms with Gasteiger partial charge in [-0.2, -0.15) is 10.2 Å². The highest BCUT2D eigenvalue weighted by atomic mass is 16.5. The Balaban J connectivity index is 1.49. The summed E-state index contributed by atoms with van der Waals surface area (Å²) in [7, 11) is 0. The summed E-state index contributed by atoms with van der Waals surface area (Å²) < 4.78 is 10.0. The molecule has 1 aliphatic rings. The summed E-state index contributed by atoms with van der Waals surface area (Å²) in [5, 5.41) is 12.3. The molecule has 1 fully saturated rings. The minimum absolute atomic E-state index is 0.170. The van der Waals surface area contributed by atoms with Crippen LogP contribution in [0.15, 0.2) is 30.7 Å². The summed E-state index contributed by atoms with van der Waals surface area (Å²) in [6, 6.07) is 4.53. The van der Waals surface area contributed by atoms with Crippen molar-refractivity contribution in [3.63, 3.8) is 0 Å². The van der Waals surface area contributed by atoms with Gasteiger partial charge in [0.2, 0.25) is 0 Å². The maximum Gasteiger partial charge on any atom is 0.103 e. The molecule has 0 aromatic carbocycles. The lowest BCUT2D eigenvalue weighted by molar-refractivity contribution is 0.0824. The predicted molar refractivity (Wildman–Crippen MR) is 89.0 cm³/mol. The molecule has 0 saturated carbocycles. The van der Waals surface area contributed by atoms with Crippen LogP contribution in [0.4, 0.5) is 0 Å². The molecular weight excluding hydrogens is 290 g/mol. The first-order valence-corrected chi connectivity index (χ1v) is 8.62. The van der Waals surface area contributed by atoms with Gasteiger partial charge in [0, 0.05) is 56.8 Å². The molecule has 0 spiro atoms. The van der Waals surface area contributed by atoms with E-state index < -0.39 is 0 Å². The second-order valence-electron chi connectivity index (χ2n) is 6.28. The number of nitrogens with one attached hydrogen (secondary N) is 1. The van der Waals surface area contributed by atoms with Gasteiger partial charge in [0.05, 0.1) is 5.69 Å². The molecular formula is C17H27N5O. The van der Waals surface area contributed by atoms with Crippen LogP contribution in [-0.2, 0) is 17.8 Å². The molecule has 3 heterocycles. The third-order valence-corrected chi connectivity index (χ3v) is 4.63. The van der Waals surface area contributed by atoms with Gasteiger partial charge in [0.25, 0.3) is 0 Å². The van der Waals surface area contributed by atoms with Gasteiger partial charge in [-0.05, 0) is 38.8 Å². The average Bonchev–Trinajstić information content (AvgIpc) is 3.31. The number of aryl methyl sites for hydroxylation is 2. The Labute approximate surface area is 137 Å². The van der Waals surface area contributed by atoms with E-state index >= 15 is 0 Å². The monoisotopic (exact) mass is 317 g/mol. The Morgan fingerprint density at radius 1 is 1.39 bits per heavy atom. The Hall–Kier alpha value is -1.66. The van der Waals surface area contributed by atoms with Gasteiger partial charge in [0.15, 0.2) is 0 Å². The molecule has 3 atom stereocenters. The maximum atomic E-state index is 5.99. The molecule has 0 amide bonds. The summed E-state index contributed by atoms with van der Waals surface area (Å²) in [6.45, 7) is 8.03. The van der Waals surface area contributed by atoms with Crippen molar-refractivity contribution in [1.82, 2.24) is 24.9 Å². The van der Waals surface area contributed by atoms with Crippen molar-refractivity contribution in [3.8, 4) is 0 Å². The van der Waals surface area contributed by atoms with Crippen molar-refractivity contribution in [3.05, 3.63) is 36.4 Å². The normalized spacial score (nSPS) is 22.5. The molecule has 2 aromatic rings. The second-order valence-corrected chi connectivity index (χ2v) is 6.28. The Kier molecular flexibility index (Phi) is 5.46. The first-order valence-electron chi connectivity index (χ1n) is 8.62. The average molecular weight is 317 g/mol. The van der Waals surface area contributed by atoms with Crippen LogP contribution in [0.25, 0.3) is 0 Å². The van der Waals surface area contributed by atoms with Gasteiger partial charge >= 0.3 is 0 Å². The lowest BCUT2D eigenvalue weighted by Gasteiger charge is -2.22. The zero-order valence-corrected chi connectivity index (χ0v) is 14.1. The van der Waals surface area contributed by atoms with Crippen LogP contribution in [0.3, 0.4) is 0 Å². The van der Waals surface area contributed by atoms with Crippen molar-refractivity contribution in [2.45, 2.75) is 51.9 Å². The van der Waals surface area contributed by atoms with E-state index in [4.69, 9.17) is 4.74 Å². The molecule has 0 radical (unpaired) electrons. The quantitative estimate of drug-likeness (QED) is 0.811. The SMILES string of the molecule is CCn1nccc1[C@@H]1OCC[C@H]1CN[C@@H](C)CCn1cccn1. The largest absolute Gasteiger partial charge is 0.372 e. The molecule has 1 saturated heterocycles. The van der Waals surface area contributed by atoms with Crippen LogP contribution in [0.5, 0.6) is 0 Å². The molecule has 23 heavy (non-hydrogen) atoms. The van der Waals surface area contributed by atoms with Crippen LogP contribution in [0.1, 0.15) is 38.5 Å². The molecule has 1 aliphatic heterocycles. The predicted octanol–water partition coefficient (Wildman–Crippen LogP) is 2.25. The lowest BCUT2D eigenvalue weighted by Crippen LogP contribution is -2.33. The topological polar surface area (TPSA) is 56.9 Å². The number of nitrogens with zero attached hydrogens (tertiary/aromatic N) is 4. The minimum atomic E-state index is 0.170. The molecule has 126 valence electrons. The van der Waals surface area contributed by atoms with E-state index in [1.807, 2.05) is 34.0 Å². The number of aromatic nitrogens is 4. The van der Waals surface area contributed by atoms with Crippen LogP contribution in [0.2, 0.25) is 0 Å². The third kappa shape index (κ3) is 4.00. The van der Waals surface area contributed by atoms with Crippen molar-refractivity contribution in [1.29, 1.82) is 0 Å². The van der Waals surface area contributed by atoms with Crippen molar-refractivity contribution in [2.24, 2.45) is 5.92 Å². The van der Waals surface area contributed by atoms with E-state index in [1.165, 1.54) is 5.69 Å². The Morgan fingerprint density at radius 3 is 3.09 bits per heavy atom. The van der Waals surface area contributed by atoms with Crippen LogP contribution >= 0.6 is 0 Å². The Morgan fingerprint density at radius 2 is 2.30 bits per heavy atom. The van der Waals surface area contributed by atoms with E-state index in [1.54, 1.807) is 0 Å².